The number of rotatable bonds is 6. The van der Waals surface area contributed by atoms with Crippen molar-refractivity contribution in [3.63, 3.8) is 0 Å². The summed E-state index contributed by atoms with van der Waals surface area (Å²) in [4.78, 5) is 19.0. The zero-order valence-electron chi connectivity index (χ0n) is 20.4. The molecule has 1 aromatic carbocycles. The number of nitrogens with zero attached hydrogens (tertiary/aromatic N) is 4. The molecule has 2 heterocycles. The number of nitrogens with one attached hydrogen (secondary N) is 1. The van der Waals surface area contributed by atoms with Crippen molar-refractivity contribution >= 4 is 16.9 Å². The third-order valence-corrected chi connectivity index (χ3v) is 7.68. The summed E-state index contributed by atoms with van der Waals surface area (Å²) in [5.74, 6) is 0.659. The van der Waals surface area contributed by atoms with Gasteiger partial charge in [-0.25, -0.2) is 9.37 Å². The summed E-state index contributed by atoms with van der Waals surface area (Å²) >= 11 is 0. The summed E-state index contributed by atoms with van der Waals surface area (Å²) < 4.78 is 18.5. The molecule has 0 bridgehead atoms. The topological polar surface area (TPSA) is 64.7 Å². The lowest BCUT2D eigenvalue weighted by atomic mass is 9.82. The Morgan fingerprint density at radius 3 is 2.50 bits per heavy atom. The van der Waals surface area contributed by atoms with E-state index in [2.05, 4.69) is 17.3 Å². The van der Waals surface area contributed by atoms with Crippen LogP contribution in [0.25, 0.3) is 22.6 Å². The first-order valence-electron chi connectivity index (χ1n) is 13.1. The van der Waals surface area contributed by atoms with Crippen molar-refractivity contribution in [2.24, 2.45) is 5.92 Å². The summed E-state index contributed by atoms with van der Waals surface area (Å²) in [5.41, 5.74) is 3.18. The number of aryl methyl sites for hydroxylation is 2. The maximum absolute atomic E-state index is 14.5. The Hall–Kier alpha value is -2.70. The molecule has 0 saturated heterocycles. The second-order valence-corrected chi connectivity index (χ2v) is 10.1. The summed E-state index contributed by atoms with van der Waals surface area (Å²) in [6, 6.07) is 6.55. The molecule has 1 N–H and O–H groups in total. The van der Waals surface area contributed by atoms with Crippen molar-refractivity contribution in [2.75, 3.05) is 0 Å². The number of benzene rings is 1. The minimum atomic E-state index is -0.412. The van der Waals surface area contributed by atoms with Gasteiger partial charge in [0.05, 0.1) is 16.7 Å². The largest absolute Gasteiger partial charge is 0.352 e. The number of aromatic nitrogens is 4. The van der Waals surface area contributed by atoms with Crippen LogP contribution in [-0.4, -0.2) is 31.3 Å². The Bertz CT molecular complexity index is 1150. The molecule has 2 aliphatic rings. The van der Waals surface area contributed by atoms with Gasteiger partial charge in [-0.1, -0.05) is 38.5 Å². The van der Waals surface area contributed by atoms with E-state index in [1.807, 2.05) is 22.2 Å². The Morgan fingerprint density at radius 2 is 1.79 bits per heavy atom. The molecule has 1 atom stereocenters. The number of halogens is 1. The van der Waals surface area contributed by atoms with E-state index in [-0.39, 0.29) is 23.7 Å². The van der Waals surface area contributed by atoms with Crippen molar-refractivity contribution in [1.29, 1.82) is 0 Å². The van der Waals surface area contributed by atoms with Crippen molar-refractivity contribution in [1.82, 2.24) is 24.6 Å². The van der Waals surface area contributed by atoms with Crippen molar-refractivity contribution in [2.45, 2.75) is 96.7 Å². The van der Waals surface area contributed by atoms with E-state index >= 15 is 0 Å². The number of imidazole rings is 1. The third-order valence-electron chi connectivity index (χ3n) is 7.68. The molecule has 2 aromatic heterocycles. The molecule has 2 aliphatic carbocycles. The molecule has 2 saturated carbocycles. The second-order valence-electron chi connectivity index (χ2n) is 10.1. The molecular weight excluding hydrogens is 429 g/mol. The molecule has 182 valence electrons. The molecule has 5 rings (SSSR count). The highest BCUT2D eigenvalue weighted by molar-refractivity contribution is 5.87. The molecule has 7 heteroatoms. The van der Waals surface area contributed by atoms with Gasteiger partial charge < -0.3 is 9.88 Å². The first-order valence-corrected chi connectivity index (χ1v) is 13.1. The van der Waals surface area contributed by atoms with Crippen LogP contribution in [-0.2, 0) is 11.3 Å². The lowest BCUT2D eigenvalue weighted by Gasteiger charge is -2.33. The molecule has 34 heavy (non-hydrogen) atoms. The van der Waals surface area contributed by atoms with Gasteiger partial charge in [0.25, 0.3) is 0 Å². The fourth-order valence-electron chi connectivity index (χ4n) is 6.02. The van der Waals surface area contributed by atoms with E-state index < -0.39 is 6.04 Å². The number of carbonyl (C=O) groups excluding carboxylic acids is 1. The maximum atomic E-state index is 14.5. The standard InChI is InChI=1S/C27H36FN5O/c1-3-32-24(16-18(2)31-32)26-30-22-15-14-20(28)17-23(22)33(26)25(19-10-6-4-7-11-19)27(34)29-21-12-8-5-9-13-21/h14-17,19,21,25H,3-13H2,1-2H3,(H,29,34). The predicted molar refractivity (Wildman–Crippen MR) is 132 cm³/mol. The van der Waals surface area contributed by atoms with Gasteiger partial charge in [-0.05, 0) is 69.7 Å². The van der Waals surface area contributed by atoms with Crippen molar-refractivity contribution < 1.29 is 9.18 Å². The molecule has 3 aromatic rings. The molecule has 0 radical (unpaired) electrons. The molecule has 6 nitrogen and oxygen atoms in total. The molecule has 0 spiro atoms. The Morgan fingerprint density at radius 1 is 1.09 bits per heavy atom. The highest BCUT2D eigenvalue weighted by Gasteiger charge is 2.36. The van der Waals surface area contributed by atoms with Crippen LogP contribution in [0, 0.1) is 18.7 Å². The first kappa shape index (κ1) is 23.1. The van der Waals surface area contributed by atoms with Gasteiger partial charge in [-0.2, -0.15) is 5.10 Å². The molecule has 2 fully saturated rings. The average Bonchev–Trinajstić information content (AvgIpc) is 3.40. The number of fused-ring (bicyclic) bond motifs is 1. The Labute approximate surface area is 200 Å². The van der Waals surface area contributed by atoms with E-state index in [0.717, 1.165) is 49.9 Å². The molecule has 1 unspecified atom stereocenters. The van der Waals surface area contributed by atoms with Crippen LogP contribution in [0.5, 0.6) is 0 Å². The minimum Gasteiger partial charge on any atom is -0.352 e. The third kappa shape index (κ3) is 4.49. The summed E-state index contributed by atoms with van der Waals surface area (Å²) in [6.45, 7) is 4.72. The van der Waals surface area contributed by atoms with Gasteiger partial charge in [-0.15, -0.1) is 0 Å². The fourth-order valence-corrected chi connectivity index (χ4v) is 6.02. The summed E-state index contributed by atoms with van der Waals surface area (Å²) in [6.07, 6.45) is 11.1. The second kappa shape index (κ2) is 9.88. The van der Waals surface area contributed by atoms with Crippen LogP contribution in [0.1, 0.15) is 82.9 Å². The zero-order valence-corrected chi connectivity index (χ0v) is 20.4. The highest BCUT2D eigenvalue weighted by atomic mass is 19.1. The normalized spacial score (nSPS) is 18.9. The highest BCUT2D eigenvalue weighted by Crippen LogP contribution is 2.39. The molecular formula is C27H36FN5O. The maximum Gasteiger partial charge on any atom is 0.243 e. The smallest absolute Gasteiger partial charge is 0.243 e. The lowest BCUT2D eigenvalue weighted by molar-refractivity contribution is -0.127. The number of carbonyl (C=O) groups is 1. The van der Waals surface area contributed by atoms with Crippen molar-refractivity contribution in [3.05, 3.63) is 35.8 Å². The Balaban J connectivity index is 1.66. The van der Waals surface area contributed by atoms with E-state index in [9.17, 15) is 9.18 Å². The first-order chi connectivity index (χ1) is 16.5. The summed E-state index contributed by atoms with van der Waals surface area (Å²) in [5, 5.41) is 8.03. The quantitative estimate of drug-likeness (QED) is 0.490. The van der Waals surface area contributed by atoms with Gasteiger partial charge in [0, 0.05) is 12.6 Å². The van der Waals surface area contributed by atoms with Crippen LogP contribution < -0.4 is 5.32 Å². The molecule has 0 aliphatic heterocycles. The number of amides is 1. The fraction of sp³-hybridized carbons (Fsp3) is 0.593. The minimum absolute atomic E-state index is 0.0582. The van der Waals surface area contributed by atoms with Crippen LogP contribution >= 0.6 is 0 Å². The zero-order chi connectivity index (χ0) is 23.7. The number of hydrogen-bond acceptors (Lipinski definition) is 3. The van der Waals surface area contributed by atoms with Crippen LogP contribution in [0.3, 0.4) is 0 Å². The average molecular weight is 466 g/mol. The molecule has 1 amide bonds. The SMILES string of the molecule is CCn1nc(C)cc1-c1nc2ccc(F)cc2n1C(C(=O)NC1CCCCC1)C1CCCCC1. The van der Waals surface area contributed by atoms with Gasteiger partial charge in [0.2, 0.25) is 5.91 Å². The lowest BCUT2D eigenvalue weighted by Crippen LogP contribution is -2.43. The van der Waals surface area contributed by atoms with Crippen molar-refractivity contribution in [3.8, 4) is 11.5 Å². The number of hydrogen-bond donors (Lipinski definition) is 1. The van der Waals surface area contributed by atoms with E-state index in [1.165, 1.54) is 37.8 Å². The predicted octanol–water partition coefficient (Wildman–Crippen LogP) is 5.94. The van der Waals surface area contributed by atoms with Gasteiger partial charge in [0.1, 0.15) is 17.6 Å². The van der Waals surface area contributed by atoms with Crippen LogP contribution in [0.4, 0.5) is 4.39 Å². The van der Waals surface area contributed by atoms with Gasteiger partial charge in [-0.3, -0.25) is 9.48 Å². The summed E-state index contributed by atoms with van der Waals surface area (Å²) in [7, 11) is 0. The van der Waals surface area contributed by atoms with Crippen LogP contribution in [0.2, 0.25) is 0 Å². The van der Waals surface area contributed by atoms with Crippen LogP contribution in [0.15, 0.2) is 24.3 Å². The van der Waals surface area contributed by atoms with E-state index in [1.54, 1.807) is 6.07 Å². The van der Waals surface area contributed by atoms with Gasteiger partial charge >= 0.3 is 0 Å². The van der Waals surface area contributed by atoms with E-state index in [4.69, 9.17) is 4.98 Å². The monoisotopic (exact) mass is 465 g/mol. The van der Waals surface area contributed by atoms with E-state index in [0.29, 0.717) is 23.4 Å². The Kier molecular flexibility index (Phi) is 6.70. The van der Waals surface area contributed by atoms with Gasteiger partial charge in [0.15, 0.2) is 5.82 Å².